The zero-order valence-electron chi connectivity index (χ0n) is 9.60. The summed E-state index contributed by atoms with van der Waals surface area (Å²) in [6.07, 6.45) is 8.47. The van der Waals surface area contributed by atoms with Crippen LogP contribution in [0.5, 0.6) is 0 Å². The third kappa shape index (κ3) is 3.56. The van der Waals surface area contributed by atoms with Gasteiger partial charge in [-0.3, -0.25) is 0 Å². The molecule has 0 spiro atoms. The molecule has 0 amide bonds. The zero-order valence-corrected chi connectivity index (χ0v) is 11.8. The smallest absolute Gasteiger partial charge is 0.343 e. The molecule has 16 heavy (non-hydrogen) atoms. The zero-order chi connectivity index (χ0) is 10.7. The molecule has 0 bridgehead atoms. The van der Waals surface area contributed by atoms with Crippen LogP contribution in [0.3, 0.4) is 0 Å². The molecule has 0 N–H and O–H groups in total. The summed E-state index contributed by atoms with van der Waals surface area (Å²) in [5.74, 6) is 0. The Morgan fingerprint density at radius 1 is 0.875 bits per heavy atom. The van der Waals surface area contributed by atoms with Gasteiger partial charge in [-0.25, -0.2) is 0 Å². The van der Waals surface area contributed by atoms with Crippen molar-refractivity contribution in [1.82, 2.24) is 0 Å². The first-order valence-electron chi connectivity index (χ1n) is 5.15. The lowest BCUT2D eigenvalue weighted by atomic mass is 10.3. The van der Waals surface area contributed by atoms with Gasteiger partial charge >= 0.3 is 6.67 Å². The lowest BCUT2D eigenvalue weighted by molar-refractivity contribution is -0.913. The minimum atomic E-state index is 0. The first-order chi connectivity index (χ1) is 7.24. The molecular weight excluding hydrogens is 311 g/mol. The second-order valence-corrected chi connectivity index (χ2v) is 3.93. The molecule has 0 aliphatic carbocycles. The van der Waals surface area contributed by atoms with Crippen LogP contribution in [0.1, 0.15) is 11.1 Å². The molecule has 0 aliphatic rings. The third-order valence-electron chi connectivity index (χ3n) is 2.34. The molecule has 0 aliphatic heterocycles. The maximum atomic E-state index is 2.18. The number of aryl methyl sites for hydroxylation is 2. The van der Waals surface area contributed by atoms with Gasteiger partial charge in [-0.2, -0.15) is 0 Å². The van der Waals surface area contributed by atoms with Crippen LogP contribution in [-0.2, 0) is 6.67 Å². The second-order valence-electron chi connectivity index (χ2n) is 3.93. The predicted octanol–water partition coefficient (Wildman–Crippen LogP) is -1.61. The number of hydrogen-bond acceptors (Lipinski definition) is 0. The summed E-state index contributed by atoms with van der Waals surface area (Å²) in [5.41, 5.74) is 2.57. The van der Waals surface area contributed by atoms with E-state index in [0.29, 0.717) is 0 Å². The summed E-state index contributed by atoms with van der Waals surface area (Å²) in [4.78, 5) is 0. The number of rotatable bonds is 2. The molecule has 2 heterocycles. The molecule has 2 aromatic rings. The molecule has 0 atom stereocenters. The summed E-state index contributed by atoms with van der Waals surface area (Å²) in [7, 11) is 0. The van der Waals surface area contributed by atoms with Gasteiger partial charge in [0.15, 0.2) is 24.8 Å². The van der Waals surface area contributed by atoms with Gasteiger partial charge in [0.05, 0.1) is 0 Å². The van der Waals surface area contributed by atoms with Crippen LogP contribution in [0, 0.1) is 13.8 Å². The van der Waals surface area contributed by atoms with Crippen molar-refractivity contribution in [3.8, 4) is 0 Å². The van der Waals surface area contributed by atoms with Crippen LogP contribution in [0.15, 0.2) is 49.1 Å². The fourth-order valence-corrected chi connectivity index (χ4v) is 1.67. The fourth-order valence-electron chi connectivity index (χ4n) is 1.67. The van der Waals surface area contributed by atoms with Crippen LogP contribution >= 0.6 is 0 Å². The molecule has 0 aromatic carbocycles. The Morgan fingerprint density at radius 2 is 1.31 bits per heavy atom. The van der Waals surface area contributed by atoms with Gasteiger partial charge in [0, 0.05) is 23.3 Å². The second kappa shape index (κ2) is 5.94. The van der Waals surface area contributed by atoms with Crippen molar-refractivity contribution in [3.63, 3.8) is 0 Å². The van der Waals surface area contributed by atoms with Crippen molar-refractivity contribution in [1.29, 1.82) is 0 Å². The molecule has 0 saturated carbocycles. The van der Waals surface area contributed by atoms with Gasteiger partial charge in [0.1, 0.15) is 0 Å². The largest absolute Gasteiger partial charge is 1.00 e. The van der Waals surface area contributed by atoms with E-state index in [2.05, 4.69) is 72.0 Å². The Hall–Kier alpha value is -0.970. The number of hydrogen-bond donors (Lipinski definition) is 0. The van der Waals surface area contributed by atoms with Crippen LogP contribution < -0.4 is 33.1 Å². The Labute approximate surface area is 114 Å². The molecular formula is C13H16IN2+. The Kier molecular flexibility index (Phi) is 4.86. The standard InChI is InChI=1S/C13H16N2.HI/c1-12-5-3-7-14(9-12)11-15-8-4-6-13(2)10-15;/h3-10H,11H2,1-2H3;1H/q+2;/p-1. The summed E-state index contributed by atoms with van der Waals surface area (Å²) < 4.78 is 4.35. The van der Waals surface area contributed by atoms with Gasteiger partial charge in [-0.05, 0) is 26.0 Å². The average Bonchev–Trinajstić information content (AvgIpc) is 2.17. The predicted molar refractivity (Wildman–Crippen MR) is 58.1 cm³/mol. The molecule has 2 rings (SSSR count). The molecule has 0 radical (unpaired) electrons. The normalized spacial score (nSPS) is 9.62. The summed E-state index contributed by atoms with van der Waals surface area (Å²) in [6.45, 7) is 5.08. The Balaban J connectivity index is 0.00000128. The van der Waals surface area contributed by atoms with Gasteiger partial charge in [-0.1, -0.05) is 0 Å². The van der Waals surface area contributed by atoms with Crippen molar-refractivity contribution >= 4 is 0 Å². The molecule has 0 saturated heterocycles. The quantitative estimate of drug-likeness (QED) is 0.463. The highest BCUT2D eigenvalue weighted by Crippen LogP contribution is 1.90. The maximum Gasteiger partial charge on any atom is 0.343 e. The highest BCUT2D eigenvalue weighted by atomic mass is 127. The van der Waals surface area contributed by atoms with E-state index in [1.54, 1.807) is 0 Å². The first-order valence-corrected chi connectivity index (χ1v) is 5.15. The summed E-state index contributed by atoms with van der Waals surface area (Å²) in [5, 5.41) is 0. The Morgan fingerprint density at radius 3 is 1.69 bits per heavy atom. The van der Waals surface area contributed by atoms with E-state index in [1.807, 2.05) is 0 Å². The third-order valence-corrected chi connectivity index (χ3v) is 2.34. The van der Waals surface area contributed by atoms with E-state index in [1.165, 1.54) is 11.1 Å². The van der Waals surface area contributed by atoms with Crippen LogP contribution in [-0.4, -0.2) is 0 Å². The van der Waals surface area contributed by atoms with Crippen LogP contribution in [0.4, 0.5) is 0 Å². The lowest BCUT2D eigenvalue weighted by Gasteiger charge is -1.95. The first kappa shape index (κ1) is 13.1. The van der Waals surface area contributed by atoms with Gasteiger partial charge in [0.2, 0.25) is 0 Å². The number of nitrogens with zero attached hydrogens (tertiary/aromatic N) is 2. The van der Waals surface area contributed by atoms with Crippen molar-refractivity contribution in [2.75, 3.05) is 0 Å². The minimum Gasteiger partial charge on any atom is -1.00 e. The number of aromatic nitrogens is 2. The van der Waals surface area contributed by atoms with E-state index in [4.69, 9.17) is 0 Å². The average molecular weight is 327 g/mol. The molecule has 2 aromatic heterocycles. The SMILES string of the molecule is Cc1ccc[n+](C[n+]2cccc(C)c2)c1.[I-]. The molecule has 3 heteroatoms. The monoisotopic (exact) mass is 327 g/mol. The topological polar surface area (TPSA) is 7.76 Å². The fraction of sp³-hybridized carbons (Fsp3) is 0.231. The van der Waals surface area contributed by atoms with Gasteiger partial charge in [-0.15, -0.1) is 9.13 Å². The van der Waals surface area contributed by atoms with Crippen LogP contribution in [0.2, 0.25) is 0 Å². The molecule has 0 fully saturated rings. The maximum absolute atomic E-state index is 2.18. The minimum absolute atomic E-state index is 0. The van der Waals surface area contributed by atoms with Crippen molar-refractivity contribution in [3.05, 3.63) is 60.2 Å². The van der Waals surface area contributed by atoms with E-state index >= 15 is 0 Å². The van der Waals surface area contributed by atoms with E-state index in [9.17, 15) is 0 Å². The molecule has 84 valence electrons. The van der Waals surface area contributed by atoms with E-state index < -0.39 is 0 Å². The number of pyridine rings is 2. The molecule has 2 nitrogen and oxygen atoms in total. The highest BCUT2D eigenvalue weighted by molar-refractivity contribution is 5.02. The lowest BCUT2D eigenvalue weighted by Crippen LogP contribution is -3.00. The van der Waals surface area contributed by atoms with E-state index in [-0.39, 0.29) is 24.0 Å². The highest BCUT2D eigenvalue weighted by Gasteiger charge is 2.06. The van der Waals surface area contributed by atoms with Crippen molar-refractivity contribution in [2.24, 2.45) is 0 Å². The summed E-state index contributed by atoms with van der Waals surface area (Å²) in [6, 6.07) is 8.37. The van der Waals surface area contributed by atoms with Gasteiger partial charge in [0.25, 0.3) is 0 Å². The van der Waals surface area contributed by atoms with Crippen molar-refractivity contribution < 1.29 is 33.1 Å². The van der Waals surface area contributed by atoms with Crippen molar-refractivity contribution in [2.45, 2.75) is 20.5 Å². The summed E-state index contributed by atoms with van der Waals surface area (Å²) >= 11 is 0. The molecule has 0 unspecified atom stereocenters. The van der Waals surface area contributed by atoms with Gasteiger partial charge < -0.3 is 24.0 Å². The van der Waals surface area contributed by atoms with E-state index in [0.717, 1.165) is 6.67 Å². The number of halogens is 1. The Bertz CT molecular complexity index is 425. The van der Waals surface area contributed by atoms with Crippen LogP contribution in [0.25, 0.3) is 0 Å².